The molecule has 0 amide bonds. The largest absolute Gasteiger partial charge is 0.481 e. The molecule has 0 aliphatic carbocycles. The molecule has 0 bridgehead atoms. The van der Waals surface area contributed by atoms with Crippen LogP contribution in [0.1, 0.15) is 78.6 Å². The predicted octanol–water partition coefficient (Wildman–Crippen LogP) is 2.59. The lowest BCUT2D eigenvalue weighted by Crippen LogP contribution is -2.59. The molecule has 2 fully saturated rings. The first kappa shape index (κ1) is 29.7. The van der Waals surface area contributed by atoms with Gasteiger partial charge in [0, 0.05) is 24.3 Å². The molecule has 2 saturated heterocycles. The number of esters is 1. The Morgan fingerprint density at radius 2 is 1.74 bits per heavy atom. The van der Waals surface area contributed by atoms with Crippen molar-refractivity contribution in [1.82, 2.24) is 0 Å². The van der Waals surface area contributed by atoms with Gasteiger partial charge >= 0.3 is 11.9 Å². The van der Waals surface area contributed by atoms with Crippen molar-refractivity contribution >= 4 is 11.9 Å². The minimum absolute atomic E-state index is 0.125. The number of carbonyl (C=O) groups excluding carboxylic acids is 1. The zero-order valence-corrected chi connectivity index (χ0v) is 21.3. The van der Waals surface area contributed by atoms with Gasteiger partial charge < -0.3 is 34.6 Å². The summed E-state index contributed by atoms with van der Waals surface area (Å²) >= 11 is 0. The molecule has 9 nitrogen and oxygen atoms in total. The SMILES string of the molecule is C/C(=C\C(=O)OCCCCCCCCC(=O)O)C[C@@H]1OC[C@@H]2CC(O)[C@@H]([C@@H](C)[C@H](C)O)O[C@H]2[C@H]1O. The van der Waals surface area contributed by atoms with Crippen LogP contribution in [0.5, 0.6) is 0 Å². The summed E-state index contributed by atoms with van der Waals surface area (Å²) in [5, 5.41) is 39.9. The normalized spacial score (nSPS) is 30.9. The zero-order chi connectivity index (χ0) is 26.0. The molecule has 2 rings (SSSR count). The van der Waals surface area contributed by atoms with E-state index in [1.165, 1.54) is 6.08 Å². The minimum Gasteiger partial charge on any atom is -0.481 e. The van der Waals surface area contributed by atoms with Crippen LogP contribution in [0.4, 0.5) is 0 Å². The maximum Gasteiger partial charge on any atom is 0.330 e. The number of aliphatic hydroxyl groups is 3. The van der Waals surface area contributed by atoms with Crippen LogP contribution in [-0.2, 0) is 23.8 Å². The van der Waals surface area contributed by atoms with Crippen molar-refractivity contribution in [2.45, 2.75) is 115 Å². The topological polar surface area (TPSA) is 143 Å². The Morgan fingerprint density at radius 1 is 1.09 bits per heavy atom. The number of rotatable bonds is 14. The molecule has 2 heterocycles. The molecule has 0 aromatic carbocycles. The Bertz CT molecular complexity index is 692. The number of fused-ring (bicyclic) bond motifs is 1. The molecule has 0 radical (unpaired) electrons. The fourth-order valence-corrected chi connectivity index (χ4v) is 4.85. The standard InChI is InChI=1S/C26H44O9/c1-16(13-23(31)33-11-9-7-5-4-6-8-10-22(29)30)12-21-24(32)26-19(15-34-21)14-20(28)25(35-26)17(2)18(3)27/h13,17-21,24-28,32H,4-12,14-15H2,1-3H3,(H,29,30)/b16-13+/t17-,18-,19-,20?,21-,24-,25+,26+/m0/s1. The van der Waals surface area contributed by atoms with E-state index >= 15 is 0 Å². The van der Waals surface area contributed by atoms with Crippen LogP contribution in [0, 0.1) is 11.8 Å². The van der Waals surface area contributed by atoms with Crippen LogP contribution in [0.3, 0.4) is 0 Å². The van der Waals surface area contributed by atoms with Gasteiger partial charge in [-0.15, -0.1) is 0 Å². The number of aliphatic hydroxyl groups excluding tert-OH is 3. The second-order valence-corrected chi connectivity index (χ2v) is 10.2. The van der Waals surface area contributed by atoms with E-state index < -0.39 is 48.6 Å². The van der Waals surface area contributed by atoms with Gasteiger partial charge in [0.25, 0.3) is 0 Å². The predicted molar refractivity (Wildman–Crippen MR) is 129 cm³/mol. The van der Waals surface area contributed by atoms with Crippen molar-refractivity contribution in [2.75, 3.05) is 13.2 Å². The van der Waals surface area contributed by atoms with E-state index in [4.69, 9.17) is 19.3 Å². The fraction of sp³-hybridized carbons (Fsp3) is 0.846. The van der Waals surface area contributed by atoms with Gasteiger partial charge in [0.05, 0.1) is 43.7 Å². The van der Waals surface area contributed by atoms with Crippen molar-refractivity contribution in [3.05, 3.63) is 11.6 Å². The third-order valence-corrected chi connectivity index (χ3v) is 7.14. The Labute approximate surface area is 208 Å². The van der Waals surface area contributed by atoms with Crippen molar-refractivity contribution in [2.24, 2.45) is 11.8 Å². The van der Waals surface area contributed by atoms with E-state index in [9.17, 15) is 24.9 Å². The Morgan fingerprint density at radius 3 is 2.40 bits per heavy atom. The summed E-state index contributed by atoms with van der Waals surface area (Å²) in [6.07, 6.45) is 3.86. The number of carboxylic acid groups (broad SMARTS) is 1. The molecule has 0 aromatic rings. The lowest BCUT2D eigenvalue weighted by Gasteiger charge is -2.48. The summed E-state index contributed by atoms with van der Waals surface area (Å²) < 4.78 is 17.2. The second kappa shape index (κ2) is 14.9. The lowest BCUT2D eigenvalue weighted by atomic mass is 9.80. The summed E-state index contributed by atoms with van der Waals surface area (Å²) in [6, 6.07) is 0. The van der Waals surface area contributed by atoms with E-state index in [1.807, 2.05) is 6.92 Å². The molecule has 0 aromatic heterocycles. The molecule has 35 heavy (non-hydrogen) atoms. The van der Waals surface area contributed by atoms with Crippen molar-refractivity contribution in [3.63, 3.8) is 0 Å². The maximum absolute atomic E-state index is 12.1. The van der Waals surface area contributed by atoms with Crippen LogP contribution in [0.2, 0.25) is 0 Å². The number of aliphatic carboxylic acids is 1. The van der Waals surface area contributed by atoms with E-state index in [0.717, 1.165) is 37.7 Å². The van der Waals surface area contributed by atoms with Crippen molar-refractivity contribution in [3.8, 4) is 0 Å². The maximum atomic E-state index is 12.1. The number of hydrogen-bond acceptors (Lipinski definition) is 8. The number of unbranched alkanes of at least 4 members (excludes halogenated alkanes) is 5. The Kier molecular flexibility index (Phi) is 12.6. The monoisotopic (exact) mass is 500 g/mol. The average Bonchev–Trinajstić information content (AvgIpc) is 2.78. The van der Waals surface area contributed by atoms with Gasteiger partial charge in [-0.25, -0.2) is 4.79 Å². The molecule has 1 unspecified atom stereocenters. The highest BCUT2D eigenvalue weighted by Gasteiger charge is 2.48. The van der Waals surface area contributed by atoms with Crippen LogP contribution >= 0.6 is 0 Å². The van der Waals surface area contributed by atoms with Gasteiger partial charge in [0.15, 0.2) is 0 Å². The van der Waals surface area contributed by atoms with Crippen molar-refractivity contribution < 1.29 is 44.2 Å². The summed E-state index contributed by atoms with van der Waals surface area (Å²) in [7, 11) is 0. The van der Waals surface area contributed by atoms with Crippen LogP contribution in [0.15, 0.2) is 11.6 Å². The molecule has 0 spiro atoms. The van der Waals surface area contributed by atoms with Gasteiger partial charge in [-0.1, -0.05) is 38.2 Å². The number of hydrogen-bond donors (Lipinski definition) is 4. The minimum atomic E-state index is -0.903. The average molecular weight is 501 g/mol. The molecule has 202 valence electrons. The van der Waals surface area contributed by atoms with E-state index in [0.29, 0.717) is 32.5 Å². The number of ether oxygens (including phenoxy) is 3. The number of carbonyl (C=O) groups is 2. The van der Waals surface area contributed by atoms with E-state index in [-0.39, 0.29) is 18.3 Å². The fourth-order valence-electron chi connectivity index (χ4n) is 4.85. The van der Waals surface area contributed by atoms with E-state index in [1.54, 1.807) is 13.8 Å². The van der Waals surface area contributed by atoms with Crippen LogP contribution < -0.4 is 0 Å². The molecule has 9 heteroatoms. The summed E-state index contributed by atoms with van der Waals surface area (Å²) in [6.45, 7) is 5.97. The molecule has 2 aliphatic rings. The summed E-state index contributed by atoms with van der Waals surface area (Å²) in [5.74, 6) is -1.57. The molecule has 8 atom stereocenters. The quantitative estimate of drug-likeness (QED) is 0.161. The highest BCUT2D eigenvalue weighted by molar-refractivity contribution is 5.82. The first-order valence-corrected chi connectivity index (χ1v) is 13.0. The molecule has 2 aliphatic heterocycles. The van der Waals surface area contributed by atoms with Gasteiger partial charge in [-0.05, 0) is 39.5 Å². The first-order chi connectivity index (χ1) is 16.6. The first-order valence-electron chi connectivity index (χ1n) is 13.0. The van der Waals surface area contributed by atoms with Gasteiger partial charge in [0.1, 0.15) is 6.10 Å². The van der Waals surface area contributed by atoms with E-state index in [2.05, 4.69) is 0 Å². The highest BCUT2D eigenvalue weighted by Crippen LogP contribution is 2.37. The third-order valence-electron chi connectivity index (χ3n) is 7.14. The Balaban J connectivity index is 1.71. The van der Waals surface area contributed by atoms with Crippen molar-refractivity contribution in [1.29, 1.82) is 0 Å². The number of carboxylic acids is 1. The van der Waals surface area contributed by atoms with Gasteiger partial charge in [-0.3, -0.25) is 4.79 Å². The molecular weight excluding hydrogens is 456 g/mol. The van der Waals surface area contributed by atoms with Crippen LogP contribution in [-0.4, -0.2) is 82.2 Å². The molecule has 0 saturated carbocycles. The molecule has 4 N–H and O–H groups in total. The van der Waals surface area contributed by atoms with Crippen LogP contribution in [0.25, 0.3) is 0 Å². The second-order valence-electron chi connectivity index (χ2n) is 10.2. The van der Waals surface area contributed by atoms with Gasteiger partial charge in [-0.2, -0.15) is 0 Å². The Hall–Kier alpha value is -1.52. The van der Waals surface area contributed by atoms with Gasteiger partial charge in [0.2, 0.25) is 0 Å². The summed E-state index contributed by atoms with van der Waals surface area (Å²) in [5.41, 5.74) is 0.737. The summed E-state index contributed by atoms with van der Waals surface area (Å²) in [4.78, 5) is 22.6. The molecular formula is C26H44O9. The lowest BCUT2D eigenvalue weighted by molar-refractivity contribution is -0.252. The third kappa shape index (κ3) is 9.80. The zero-order valence-electron chi connectivity index (χ0n) is 21.3. The highest BCUT2D eigenvalue weighted by atomic mass is 16.6. The smallest absolute Gasteiger partial charge is 0.330 e.